The number of fused-ring (bicyclic) bond motifs is 1. The third kappa shape index (κ3) is 4.06. The van der Waals surface area contributed by atoms with Crippen molar-refractivity contribution in [2.24, 2.45) is 0 Å². The van der Waals surface area contributed by atoms with Crippen LogP contribution in [0.3, 0.4) is 0 Å². The van der Waals surface area contributed by atoms with Gasteiger partial charge < -0.3 is 15.0 Å². The van der Waals surface area contributed by atoms with Gasteiger partial charge in [0.05, 0.1) is 6.04 Å². The molecular weight excluding hydrogens is 366 g/mol. The second-order valence-corrected chi connectivity index (χ2v) is 7.53. The van der Waals surface area contributed by atoms with Gasteiger partial charge in [0.1, 0.15) is 5.82 Å². The minimum atomic E-state index is -1.11. The lowest BCUT2D eigenvalue weighted by Gasteiger charge is -2.23. The molecule has 0 radical (unpaired) electrons. The number of para-hydroxylation sites is 1. The van der Waals surface area contributed by atoms with Crippen LogP contribution in [0.25, 0.3) is 0 Å². The van der Waals surface area contributed by atoms with Gasteiger partial charge in [0.15, 0.2) is 12.1 Å². The van der Waals surface area contributed by atoms with Crippen LogP contribution >= 0.6 is 0 Å². The van der Waals surface area contributed by atoms with E-state index in [1.807, 2.05) is 48.5 Å². The first-order valence-electron chi connectivity index (χ1n) is 9.79. The van der Waals surface area contributed by atoms with E-state index in [0.717, 1.165) is 16.8 Å². The molecule has 2 aromatic carbocycles. The van der Waals surface area contributed by atoms with E-state index in [4.69, 9.17) is 0 Å². The normalized spacial score (nSPS) is 20.2. The number of likely N-dealkylation sites (N-methyl/N-ethyl adjacent to an activating group) is 1. The summed E-state index contributed by atoms with van der Waals surface area (Å²) < 4.78 is 0. The molecule has 3 atom stereocenters. The summed E-state index contributed by atoms with van der Waals surface area (Å²) in [7, 11) is 1.77. The second kappa shape index (κ2) is 8.14. The van der Waals surface area contributed by atoms with Gasteiger partial charge in [-0.1, -0.05) is 55.5 Å². The Bertz CT molecular complexity index is 988. The molecule has 0 spiro atoms. The molecule has 29 heavy (non-hydrogen) atoms. The summed E-state index contributed by atoms with van der Waals surface area (Å²) in [6, 6.07) is 17.3. The molecule has 0 fully saturated rings. The summed E-state index contributed by atoms with van der Waals surface area (Å²) in [5, 5.41) is 21.8. The Morgan fingerprint density at radius 1 is 1.17 bits per heavy atom. The van der Waals surface area contributed by atoms with E-state index >= 15 is 0 Å². The molecule has 3 N–H and O–H groups in total. The average molecular weight is 391 g/mol. The molecule has 150 valence electrons. The van der Waals surface area contributed by atoms with Gasteiger partial charge in [0, 0.05) is 19.2 Å². The van der Waals surface area contributed by atoms with Crippen molar-refractivity contribution < 1.29 is 9.90 Å². The summed E-state index contributed by atoms with van der Waals surface area (Å²) in [4.78, 5) is 17.7. The van der Waals surface area contributed by atoms with Crippen LogP contribution in [-0.2, 0) is 11.2 Å². The third-order valence-corrected chi connectivity index (χ3v) is 5.43. The molecule has 1 aliphatic rings. The quantitative estimate of drug-likeness (QED) is 0.581. The van der Waals surface area contributed by atoms with E-state index < -0.39 is 12.3 Å². The number of nitrogens with zero attached hydrogens (tertiary/aromatic N) is 3. The van der Waals surface area contributed by atoms with Gasteiger partial charge in [0.2, 0.25) is 5.91 Å². The van der Waals surface area contributed by atoms with E-state index in [2.05, 4.69) is 33.5 Å². The van der Waals surface area contributed by atoms with Crippen LogP contribution in [0.5, 0.6) is 0 Å². The molecule has 2 heterocycles. The fourth-order valence-electron chi connectivity index (χ4n) is 3.86. The molecule has 7 nitrogen and oxygen atoms in total. The minimum absolute atomic E-state index is 0.0788. The van der Waals surface area contributed by atoms with Crippen LogP contribution in [0.1, 0.15) is 48.3 Å². The van der Waals surface area contributed by atoms with Gasteiger partial charge in [-0.05, 0) is 29.5 Å². The number of carbonyl (C=O) groups excluding carboxylic acids is 1. The Kier molecular flexibility index (Phi) is 5.42. The molecule has 0 saturated heterocycles. The van der Waals surface area contributed by atoms with Crippen LogP contribution in [-0.4, -0.2) is 39.3 Å². The first-order valence-corrected chi connectivity index (χ1v) is 9.79. The molecule has 0 aliphatic carbocycles. The molecule has 4 rings (SSSR count). The number of benzene rings is 2. The summed E-state index contributed by atoms with van der Waals surface area (Å²) in [5.74, 6) is 1.07. The van der Waals surface area contributed by atoms with Crippen molar-refractivity contribution in [3.8, 4) is 0 Å². The van der Waals surface area contributed by atoms with Crippen molar-refractivity contribution >= 4 is 11.6 Å². The van der Waals surface area contributed by atoms with Crippen LogP contribution in [0.15, 0.2) is 54.6 Å². The highest BCUT2D eigenvalue weighted by Gasteiger charge is 2.33. The smallest absolute Gasteiger partial charge is 0.243 e. The zero-order valence-corrected chi connectivity index (χ0v) is 16.5. The molecule has 1 aliphatic heterocycles. The van der Waals surface area contributed by atoms with Crippen molar-refractivity contribution in [1.82, 2.24) is 20.5 Å². The summed E-state index contributed by atoms with van der Waals surface area (Å²) in [5.41, 5.74) is 3.14. The number of hydrogen-bond acceptors (Lipinski definition) is 5. The predicted octanol–water partition coefficient (Wildman–Crippen LogP) is 2.51. The van der Waals surface area contributed by atoms with Crippen molar-refractivity contribution in [1.29, 1.82) is 0 Å². The summed E-state index contributed by atoms with van der Waals surface area (Å²) in [6.45, 7) is 2.10. The number of anilines is 1. The highest BCUT2D eigenvalue weighted by molar-refractivity contribution is 5.98. The zero-order valence-electron chi connectivity index (χ0n) is 16.5. The fraction of sp³-hybridized carbons (Fsp3) is 0.318. The van der Waals surface area contributed by atoms with E-state index in [1.54, 1.807) is 11.9 Å². The number of aliphatic hydroxyl groups is 1. The number of amides is 1. The van der Waals surface area contributed by atoms with Gasteiger partial charge in [0.25, 0.3) is 0 Å². The zero-order chi connectivity index (χ0) is 20.4. The number of rotatable bonds is 5. The molecule has 0 bridgehead atoms. The Labute approximate surface area is 169 Å². The lowest BCUT2D eigenvalue weighted by atomic mass is 9.94. The highest BCUT2D eigenvalue weighted by atomic mass is 16.3. The van der Waals surface area contributed by atoms with Crippen LogP contribution in [0, 0.1) is 0 Å². The number of hydrogen-bond donors (Lipinski definition) is 3. The average Bonchev–Trinajstić information content (AvgIpc) is 3.18. The summed E-state index contributed by atoms with van der Waals surface area (Å²) >= 11 is 0. The molecule has 7 heteroatoms. The molecule has 1 aromatic heterocycles. The molecule has 3 aromatic rings. The summed E-state index contributed by atoms with van der Waals surface area (Å²) in [6.07, 6.45) is 0.0723. The first-order chi connectivity index (χ1) is 14.0. The SMILES string of the molecule is C[C@H]1C[C@@H](NC(O)c2nnc(Cc3ccccc3)[nH]2)C(=O)N(C)c2ccccc21. The Morgan fingerprint density at radius 2 is 1.90 bits per heavy atom. The van der Waals surface area contributed by atoms with Gasteiger partial charge in [-0.2, -0.15) is 0 Å². The van der Waals surface area contributed by atoms with E-state index in [0.29, 0.717) is 24.5 Å². The van der Waals surface area contributed by atoms with E-state index in [9.17, 15) is 9.90 Å². The predicted molar refractivity (Wildman–Crippen MR) is 110 cm³/mol. The maximum Gasteiger partial charge on any atom is 0.243 e. The molecule has 0 saturated carbocycles. The van der Waals surface area contributed by atoms with Crippen molar-refractivity contribution in [3.63, 3.8) is 0 Å². The Balaban J connectivity index is 1.47. The Hall–Kier alpha value is -3.03. The minimum Gasteiger partial charge on any atom is -0.371 e. The third-order valence-electron chi connectivity index (χ3n) is 5.43. The lowest BCUT2D eigenvalue weighted by molar-refractivity contribution is -0.121. The van der Waals surface area contributed by atoms with E-state index in [-0.39, 0.29) is 11.8 Å². The van der Waals surface area contributed by atoms with E-state index in [1.165, 1.54) is 0 Å². The van der Waals surface area contributed by atoms with Crippen molar-refractivity contribution in [2.45, 2.75) is 38.0 Å². The van der Waals surface area contributed by atoms with Gasteiger partial charge in [-0.3, -0.25) is 10.1 Å². The van der Waals surface area contributed by atoms with Crippen molar-refractivity contribution in [3.05, 3.63) is 77.4 Å². The standard InChI is InChI=1S/C22H25N5O2/c1-14-12-17(22(29)27(2)18-11-7-6-10-16(14)18)23-21(28)20-24-19(25-26-20)13-15-8-4-3-5-9-15/h3-11,14,17,21,23,28H,12-13H2,1-2H3,(H,24,25,26)/t14-,17+,21?/m0/s1. The van der Waals surface area contributed by atoms with Gasteiger partial charge in [-0.15, -0.1) is 10.2 Å². The number of aromatic amines is 1. The van der Waals surface area contributed by atoms with Crippen LogP contribution < -0.4 is 10.2 Å². The number of H-pyrrole nitrogens is 1. The molecule has 1 unspecified atom stereocenters. The maximum absolute atomic E-state index is 13.0. The monoisotopic (exact) mass is 391 g/mol. The highest BCUT2D eigenvalue weighted by Crippen LogP contribution is 2.34. The number of aliphatic hydroxyl groups excluding tert-OH is 1. The van der Waals surface area contributed by atoms with Gasteiger partial charge in [-0.25, -0.2) is 0 Å². The van der Waals surface area contributed by atoms with Crippen LogP contribution in [0.4, 0.5) is 5.69 Å². The number of aromatic nitrogens is 3. The number of carbonyl (C=O) groups is 1. The van der Waals surface area contributed by atoms with Crippen molar-refractivity contribution in [2.75, 3.05) is 11.9 Å². The lowest BCUT2D eigenvalue weighted by Crippen LogP contribution is -2.46. The largest absolute Gasteiger partial charge is 0.371 e. The number of nitrogens with one attached hydrogen (secondary N) is 2. The fourth-order valence-corrected chi connectivity index (χ4v) is 3.86. The molecule has 1 amide bonds. The first kappa shape index (κ1) is 19.3. The maximum atomic E-state index is 13.0. The second-order valence-electron chi connectivity index (χ2n) is 7.53. The van der Waals surface area contributed by atoms with Gasteiger partial charge >= 0.3 is 0 Å². The topological polar surface area (TPSA) is 94.1 Å². The molecular formula is C22H25N5O2. The Morgan fingerprint density at radius 3 is 2.69 bits per heavy atom. The van der Waals surface area contributed by atoms with Crippen LogP contribution in [0.2, 0.25) is 0 Å².